The van der Waals surface area contributed by atoms with E-state index >= 15 is 0 Å². The van der Waals surface area contributed by atoms with Gasteiger partial charge in [-0.15, -0.1) is 11.3 Å². The van der Waals surface area contributed by atoms with Crippen LogP contribution in [0.1, 0.15) is 57.9 Å². The number of anilines is 1. The Labute approximate surface area is 264 Å². The van der Waals surface area contributed by atoms with Crippen molar-refractivity contribution in [3.8, 4) is 0 Å². The summed E-state index contributed by atoms with van der Waals surface area (Å²) in [5.74, 6) is -2.40. The molecule has 2 atom stereocenters. The summed E-state index contributed by atoms with van der Waals surface area (Å²) >= 11 is 1.32. The van der Waals surface area contributed by atoms with E-state index in [9.17, 15) is 24.0 Å². The van der Waals surface area contributed by atoms with E-state index in [-0.39, 0.29) is 17.3 Å². The molecule has 14 nitrogen and oxygen atoms in total. The van der Waals surface area contributed by atoms with Gasteiger partial charge < -0.3 is 39.5 Å². The molecule has 2 heterocycles. The highest BCUT2D eigenvalue weighted by Gasteiger charge is 2.39. The minimum absolute atomic E-state index is 0.139. The number of methoxy groups -OCH3 is 1. The van der Waals surface area contributed by atoms with Gasteiger partial charge in [-0.05, 0) is 43.8 Å². The third kappa shape index (κ3) is 11.4. The van der Waals surface area contributed by atoms with Gasteiger partial charge in [-0.3, -0.25) is 14.4 Å². The summed E-state index contributed by atoms with van der Waals surface area (Å²) in [6, 6.07) is -2.45. The number of aromatic nitrogens is 1. The maximum absolute atomic E-state index is 13.4. The Kier molecular flexibility index (Phi) is 14.0. The summed E-state index contributed by atoms with van der Waals surface area (Å²) in [5, 5.41) is 10.1. The van der Waals surface area contributed by atoms with Crippen LogP contribution in [0.25, 0.3) is 0 Å². The van der Waals surface area contributed by atoms with E-state index < -0.39 is 56.9 Å². The van der Waals surface area contributed by atoms with E-state index in [0.29, 0.717) is 37.3 Å². The van der Waals surface area contributed by atoms with Gasteiger partial charge in [0.2, 0.25) is 5.91 Å². The molecule has 0 aromatic carbocycles. The molecule has 0 bridgehead atoms. The van der Waals surface area contributed by atoms with Crippen molar-refractivity contribution in [2.24, 2.45) is 5.92 Å². The fraction of sp³-hybridized carbons (Fsp3) is 0.714. The number of alkyl carbamates (subject to hydrolysis) is 1. The van der Waals surface area contributed by atoms with E-state index in [1.807, 2.05) is 13.1 Å². The van der Waals surface area contributed by atoms with E-state index in [4.69, 9.17) is 18.6 Å². The van der Waals surface area contributed by atoms with Crippen molar-refractivity contribution in [3.63, 3.8) is 0 Å². The van der Waals surface area contributed by atoms with Gasteiger partial charge in [-0.25, -0.2) is 14.6 Å². The fourth-order valence-electron chi connectivity index (χ4n) is 3.96. The van der Waals surface area contributed by atoms with Crippen LogP contribution in [-0.2, 0) is 33.0 Å². The number of rotatable bonds is 14. The van der Waals surface area contributed by atoms with Crippen LogP contribution in [0.3, 0.4) is 0 Å². The first-order valence-corrected chi connectivity index (χ1v) is 18.4. The van der Waals surface area contributed by atoms with Gasteiger partial charge in [-0.2, -0.15) is 0 Å². The summed E-state index contributed by atoms with van der Waals surface area (Å²) in [7, 11) is -1.18. The average Bonchev–Trinajstić information content (AvgIpc) is 3.46. The Balaban J connectivity index is 2.11. The van der Waals surface area contributed by atoms with Crippen LogP contribution in [0, 0.1) is 5.92 Å². The van der Waals surface area contributed by atoms with E-state index in [2.05, 4.69) is 46.6 Å². The maximum Gasteiger partial charge on any atom is 0.407 e. The molecule has 3 N–H and O–H groups in total. The van der Waals surface area contributed by atoms with Crippen molar-refractivity contribution < 1.29 is 42.6 Å². The number of nitrogens with zero attached hydrogens (tertiary/aromatic N) is 2. The van der Waals surface area contributed by atoms with Crippen molar-refractivity contribution in [1.29, 1.82) is 0 Å². The fourth-order valence-corrected chi connectivity index (χ4v) is 5.83. The molecule has 0 spiro atoms. The second-order valence-electron chi connectivity index (χ2n) is 12.0. The highest BCUT2D eigenvalue weighted by Crippen LogP contribution is 2.36. The molecule has 248 valence electrons. The number of carbonyl (C=O) groups is 5. The van der Waals surface area contributed by atoms with Crippen LogP contribution in [0.2, 0.25) is 18.1 Å². The van der Waals surface area contributed by atoms with E-state index in [0.717, 1.165) is 20.0 Å². The molecule has 2 rings (SSSR count). The Morgan fingerprint density at radius 3 is 2.30 bits per heavy atom. The summed E-state index contributed by atoms with van der Waals surface area (Å²) in [6.45, 7) is 14.9. The lowest BCUT2D eigenvalue weighted by Crippen LogP contribution is -2.56. The number of amides is 3. The van der Waals surface area contributed by atoms with Gasteiger partial charge >= 0.3 is 18.0 Å². The zero-order valence-electron chi connectivity index (χ0n) is 26.9. The number of thiazole rings is 1. The first-order valence-electron chi connectivity index (χ1n) is 14.6. The van der Waals surface area contributed by atoms with Crippen LogP contribution < -0.4 is 20.9 Å². The molecule has 0 saturated carbocycles. The van der Waals surface area contributed by atoms with Gasteiger partial charge in [0, 0.05) is 31.9 Å². The van der Waals surface area contributed by atoms with E-state index in [1.165, 1.54) is 18.3 Å². The number of piperidine rings is 1. The predicted octanol–water partition coefficient (Wildman–Crippen LogP) is 2.45. The molecular formula is C28H47N5O9SSi. The number of ether oxygens (including phenoxy) is 3. The Morgan fingerprint density at radius 1 is 1.07 bits per heavy atom. The lowest BCUT2D eigenvalue weighted by Gasteiger charge is -2.37. The topological polar surface area (TPSA) is 174 Å². The highest BCUT2D eigenvalue weighted by molar-refractivity contribution is 7.13. The number of carbonyl (C=O) groups excluding carboxylic acids is 5. The van der Waals surface area contributed by atoms with Crippen LogP contribution in [0.15, 0.2) is 5.38 Å². The minimum atomic E-state index is -2.33. The van der Waals surface area contributed by atoms with Crippen molar-refractivity contribution in [2.45, 2.75) is 77.7 Å². The monoisotopic (exact) mass is 657 g/mol. The van der Waals surface area contributed by atoms with Crippen molar-refractivity contribution in [3.05, 3.63) is 11.1 Å². The van der Waals surface area contributed by atoms with Crippen LogP contribution in [-0.4, -0.2) is 102 Å². The number of hydrogen-bond donors (Lipinski definition) is 3. The summed E-state index contributed by atoms with van der Waals surface area (Å²) in [4.78, 5) is 68.4. The minimum Gasteiger partial charge on any atom is -0.467 e. The third-order valence-corrected chi connectivity index (χ3v) is 13.1. The molecule has 0 radical (unpaired) electrons. The second-order valence-corrected chi connectivity index (χ2v) is 17.7. The number of nitrogens with one attached hydrogen (secondary N) is 3. The van der Waals surface area contributed by atoms with Crippen molar-refractivity contribution in [2.75, 3.05) is 51.5 Å². The van der Waals surface area contributed by atoms with Gasteiger partial charge in [0.25, 0.3) is 5.91 Å². The largest absolute Gasteiger partial charge is 0.467 e. The third-order valence-electron chi connectivity index (χ3n) is 7.71. The van der Waals surface area contributed by atoms with Crippen LogP contribution in [0.5, 0.6) is 0 Å². The normalized spacial score (nSPS) is 15.5. The summed E-state index contributed by atoms with van der Waals surface area (Å²) in [5.41, 5.74) is 0.144. The van der Waals surface area contributed by atoms with Gasteiger partial charge in [-0.1, -0.05) is 20.8 Å². The average molecular weight is 658 g/mol. The second kappa shape index (κ2) is 16.7. The number of esters is 2. The highest BCUT2D eigenvalue weighted by atomic mass is 32.1. The first kappa shape index (κ1) is 36.9. The zero-order chi connectivity index (χ0) is 33.1. The van der Waals surface area contributed by atoms with Gasteiger partial charge in [0.15, 0.2) is 19.5 Å². The molecular weight excluding hydrogens is 610 g/mol. The number of hydrogen-bond acceptors (Lipinski definition) is 12. The maximum atomic E-state index is 13.4. The quantitative estimate of drug-likeness (QED) is 0.152. The molecule has 1 aliphatic rings. The lowest BCUT2D eigenvalue weighted by molar-refractivity contribution is -0.151. The molecule has 1 aliphatic heterocycles. The van der Waals surface area contributed by atoms with Crippen molar-refractivity contribution in [1.82, 2.24) is 20.9 Å². The van der Waals surface area contributed by atoms with Crippen molar-refractivity contribution >= 4 is 54.6 Å². The molecule has 44 heavy (non-hydrogen) atoms. The molecule has 1 saturated heterocycles. The summed E-state index contributed by atoms with van der Waals surface area (Å²) < 4.78 is 20.8. The molecule has 1 fully saturated rings. The standard InChI is InChI=1S/C28H47N5O9SSi/c1-9-40-27(38)29-14-19-10-12-33(13-11-19)26-32-22(17-43-26)24(36)30-20(16-42-44(7,8)28(3,4)5)23(35)31-21(25(37)39-6)15-41-18(2)34/h17,19-21H,9-16H2,1-8H3,(H,29,38)(H,30,36)(H,31,35)/t20-,21-/m0/s1. The predicted molar refractivity (Wildman–Crippen MR) is 167 cm³/mol. The molecule has 3 amide bonds. The molecule has 0 unspecified atom stereocenters. The Hall–Kier alpha value is -3.24. The Bertz CT molecular complexity index is 1150. The molecule has 1 aromatic heterocycles. The summed E-state index contributed by atoms with van der Waals surface area (Å²) in [6.07, 6.45) is 1.27. The van der Waals surface area contributed by atoms with Gasteiger partial charge in [0.1, 0.15) is 18.3 Å². The van der Waals surface area contributed by atoms with E-state index in [1.54, 1.807) is 12.3 Å². The SMILES string of the molecule is CCOC(=O)NCC1CCN(c2nc(C(=O)N[C@@H](CO[Si](C)(C)C(C)(C)C)C(=O)N[C@@H](COC(C)=O)C(=O)OC)cs2)CC1. The molecule has 16 heteroatoms. The molecule has 0 aliphatic carbocycles. The Morgan fingerprint density at radius 2 is 1.73 bits per heavy atom. The van der Waals surface area contributed by atoms with Crippen LogP contribution >= 0.6 is 11.3 Å². The first-order chi connectivity index (χ1) is 20.6. The van der Waals surface area contributed by atoms with Gasteiger partial charge in [0.05, 0.1) is 20.3 Å². The zero-order valence-corrected chi connectivity index (χ0v) is 28.8. The van der Waals surface area contributed by atoms with Crippen LogP contribution in [0.4, 0.5) is 9.93 Å². The smallest absolute Gasteiger partial charge is 0.407 e. The molecule has 1 aromatic rings. The lowest BCUT2D eigenvalue weighted by atomic mass is 9.97.